The Labute approximate surface area is 234 Å². The lowest BCUT2D eigenvalue weighted by Crippen LogP contribution is -2.38. The number of pyridine rings is 1. The van der Waals surface area contributed by atoms with Crippen LogP contribution in [0.4, 0.5) is 0 Å². The molecule has 0 aliphatic carbocycles. The maximum atomic E-state index is 10.7. The number of carboxylic acid groups (broad SMARTS) is 1. The van der Waals surface area contributed by atoms with Gasteiger partial charge in [0.1, 0.15) is 6.10 Å². The Hall–Kier alpha value is -2.53. The van der Waals surface area contributed by atoms with Crippen LogP contribution in [0.15, 0.2) is 83.9 Å². The normalized spacial score (nSPS) is 15.0. The average molecular weight is 584 g/mol. The molecule has 2 heterocycles. The molecule has 2 N–H and O–H groups in total. The molecule has 2 aromatic carbocycles. The van der Waals surface area contributed by atoms with Crippen LogP contribution in [0.3, 0.4) is 0 Å². The first-order valence-corrected chi connectivity index (χ1v) is 13.8. The van der Waals surface area contributed by atoms with Gasteiger partial charge < -0.3 is 14.7 Å². The molecule has 1 fully saturated rings. The van der Waals surface area contributed by atoms with Crippen molar-refractivity contribution in [3.05, 3.63) is 95.3 Å². The third kappa shape index (κ3) is 10.7. The molecule has 1 saturated heterocycles. The van der Waals surface area contributed by atoms with Crippen LogP contribution in [0.5, 0.6) is 0 Å². The molecule has 38 heavy (non-hydrogen) atoms. The van der Waals surface area contributed by atoms with Crippen molar-refractivity contribution in [3.63, 3.8) is 0 Å². The second-order valence-corrected chi connectivity index (χ2v) is 10.5. The summed E-state index contributed by atoms with van der Waals surface area (Å²) in [5.41, 5.74) is 1.94. The van der Waals surface area contributed by atoms with E-state index in [0.29, 0.717) is 11.4 Å². The summed E-state index contributed by atoms with van der Waals surface area (Å²) < 4.78 is 35.7. The number of aromatic nitrogens is 1. The number of halogens is 2. The number of nitrogens with zero attached hydrogens (tertiary/aromatic N) is 2. The Morgan fingerprint density at radius 2 is 1.66 bits per heavy atom. The van der Waals surface area contributed by atoms with Crippen LogP contribution >= 0.6 is 24.0 Å². The molecule has 1 aliphatic heterocycles. The lowest BCUT2D eigenvalue weighted by atomic mass is 10.0. The third-order valence-corrected chi connectivity index (χ3v) is 7.02. The zero-order valence-corrected chi connectivity index (χ0v) is 23.1. The minimum Gasteiger partial charge on any atom is -0.481 e. The van der Waals surface area contributed by atoms with E-state index in [9.17, 15) is 13.2 Å². The van der Waals surface area contributed by atoms with E-state index in [1.54, 1.807) is 24.4 Å². The van der Waals surface area contributed by atoms with Crippen molar-refractivity contribution < 1.29 is 27.6 Å². The van der Waals surface area contributed by atoms with Gasteiger partial charge in [-0.15, -0.1) is 12.4 Å². The van der Waals surface area contributed by atoms with E-state index in [0.717, 1.165) is 43.7 Å². The highest BCUT2D eigenvalue weighted by atomic mass is 35.5. The Kier molecular flexibility index (Phi) is 13.2. The molecule has 4 rings (SSSR count). The highest BCUT2D eigenvalue weighted by molar-refractivity contribution is 7.85. The quantitative estimate of drug-likeness (QED) is 0.316. The van der Waals surface area contributed by atoms with E-state index in [1.807, 2.05) is 42.5 Å². The molecule has 1 atom stereocenters. The molecule has 0 spiro atoms. The van der Waals surface area contributed by atoms with Gasteiger partial charge in [-0.05, 0) is 67.8 Å². The molecule has 3 aromatic rings. The van der Waals surface area contributed by atoms with Crippen LogP contribution < -0.4 is 0 Å². The van der Waals surface area contributed by atoms with Crippen LogP contribution in [0, 0.1) is 0 Å². The van der Waals surface area contributed by atoms with Crippen LogP contribution in [-0.4, -0.2) is 59.7 Å². The first kappa shape index (κ1) is 31.7. The van der Waals surface area contributed by atoms with Crippen molar-refractivity contribution >= 4 is 40.1 Å². The first-order valence-electron chi connectivity index (χ1n) is 12.0. The molecule has 1 aliphatic rings. The van der Waals surface area contributed by atoms with Gasteiger partial charge in [-0.1, -0.05) is 48.0 Å². The number of hydrogen-bond donors (Lipinski definition) is 2. The largest absolute Gasteiger partial charge is 0.481 e. The summed E-state index contributed by atoms with van der Waals surface area (Å²) in [4.78, 5) is 17.4. The summed E-state index contributed by atoms with van der Waals surface area (Å²) in [5, 5.41) is 9.47. The van der Waals surface area contributed by atoms with Crippen molar-refractivity contribution in [2.24, 2.45) is 0 Å². The average Bonchev–Trinajstić information content (AvgIpc) is 2.89. The fourth-order valence-electron chi connectivity index (χ4n) is 4.00. The van der Waals surface area contributed by atoms with Crippen molar-refractivity contribution in [1.82, 2.24) is 9.88 Å². The molecule has 0 bridgehead atoms. The van der Waals surface area contributed by atoms with Gasteiger partial charge in [0.05, 0.1) is 16.7 Å². The van der Waals surface area contributed by atoms with Gasteiger partial charge in [0.25, 0.3) is 10.1 Å². The van der Waals surface area contributed by atoms with Gasteiger partial charge in [0, 0.05) is 30.7 Å². The molecule has 206 valence electrons. The van der Waals surface area contributed by atoms with E-state index in [-0.39, 0.29) is 35.9 Å². The molecule has 0 saturated carbocycles. The van der Waals surface area contributed by atoms with E-state index in [1.165, 1.54) is 12.1 Å². The summed E-state index contributed by atoms with van der Waals surface area (Å²) in [5.74, 6) is -0.727. The molecule has 0 unspecified atom stereocenters. The number of benzene rings is 2. The summed E-state index contributed by atoms with van der Waals surface area (Å²) >= 11 is 6.03. The van der Waals surface area contributed by atoms with Gasteiger partial charge in [-0.2, -0.15) is 8.42 Å². The molecule has 8 nitrogen and oxygen atoms in total. The van der Waals surface area contributed by atoms with Crippen molar-refractivity contribution in [2.75, 3.05) is 19.6 Å². The summed E-state index contributed by atoms with van der Waals surface area (Å²) in [6.07, 6.45) is 4.52. The number of likely N-dealkylation sites (tertiary alicyclic amines) is 1. The minimum absolute atomic E-state index is 0. The predicted molar refractivity (Wildman–Crippen MR) is 148 cm³/mol. The highest BCUT2D eigenvalue weighted by Gasteiger charge is 2.25. The van der Waals surface area contributed by atoms with Crippen LogP contribution in [-0.2, 0) is 19.6 Å². The second kappa shape index (κ2) is 15.8. The maximum absolute atomic E-state index is 10.7. The van der Waals surface area contributed by atoms with E-state index in [2.05, 4.69) is 9.88 Å². The summed E-state index contributed by atoms with van der Waals surface area (Å²) in [6, 6.07) is 21.0. The number of piperidine rings is 1. The predicted octanol–water partition coefficient (Wildman–Crippen LogP) is 5.53. The fraction of sp³-hybridized carbons (Fsp3) is 0.333. The van der Waals surface area contributed by atoms with Gasteiger partial charge >= 0.3 is 5.97 Å². The Bertz CT molecular complexity index is 1210. The molecule has 0 radical (unpaired) electrons. The van der Waals surface area contributed by atoms with Crippen LogP contribution in [0.1, 0.15) is 43.0 Å². The third-order valence-electron chi connectivity index (χ3n) is 5.90. The van der Waals surface area contributed by atoms with Crippen molar-refractivity contribution in [1.29, 1.82) is 0 Å². The lowest BCUT2D eigenvalue weighted by molar-refractivity contribution is -0.137. The fourth-order valence-corrected chi connectivity index (χ4v) is 4.62. The number of aliphatic carboxylic acids is 1. The smallest absolute Gasteiger partial charge is 0.303 e. The second-order valence-electron chi connectivity index (χ2n) is 8.65. The lowest BCUT2D eigenvalue weighted by Gasteiger charge is -2.34. The monoisotopic (exact) mass is 582 g/mol. The SMILES string of the molecule is Cl.O=C(O)CCCN1CCC(O[C@@H](c2ccc(Cl)cc2)c2ccccn2)CC1.O=S(=O)(O)c1ccccc1. The van der Waals surface area contributed by atoms with Crippen LogP contribution in [0.2, 0.25) is 5.02 Å². The highest BCUT2D eigenvalue weighted by Crippen LogP contribution is 2.29. The van der Waals surface area contributed by atoms with E-state index >= 15 is 0 Å². The minimum atomic E-state index is -4.00. The van der Waals surface area contributed by atoms with Gasteiger partial charge in [0.15, 0.2) is 0 Å². The molecular formula is C27H32Cl2N2O6S. The molecule has 1 aromatic heterocycles. The van der Waals surface area contributed by atoms with Gasteiger partial charge in [-0.3, -0.25) is 14.3 Å². The number of carbonyl (C=O) groups is 1. The number of rotatable bonds is 9. The summed E-state index contributed by atoms with van der Waals surface area (Å²) in [7, 11) is -4.00. The van der Waals surface area contributed by atoms with E-state index in [4.69, 9.17) is 26.0 Å². The number of ether oxygens (including phenoxy) is 1. The zero-order chi connectivity index (χ0) is 26.7. The topological polar surface area (TPSA) is 117 Å². The Morgan fingerprint density at radius 1 is 1.03 bits per heavy atom. The molecular weight excluding hydrogens is 551 g/mol. The summed E-state index contributed by atoms with van der Waals surface area (Å²) in [6.45, 7) is 2.69. The number of hydrogen-bond acceptors (Lipinski definition) is 6. The van der Waals surface area contributed by atoms with E-state index < -0.39 is 16.1 Å². The Balaban J connectivity index is 0.000000389. The number of carboxylic acids is 1. The molecule has 11 heteroatoms. The molecule has 0 amide bonds. The zero-order valence-electron chi connectivity index (χ0n) is 20.7. The van der Waals surface area contributed by atoms with Crippen molar-refractivity contribution in [2.45, 2.75) is 42.8 Å². The first-order chi connectivity index (χ1) is 17.7. The van der Waals surface area contributed by atoms with Gasteiger partial charge in [0.2, 0.25) is 0 Å². The Morgan fingerprint density at radius 3 is 2.18 bits per heavy atom. The maximum Gasteiger partial charge on any atom is 0.303 e. The standard InChI is InChI=1S/C21H25ClN2O3.C6H6O3S.ClH/c22-17-8-6-16(7-9-17)21(19-4-1-2-12-23-19)27-18-10-14-24(15-11-18)13-3-5-20(25)26;7-10(8,9)6-4-2-1-3-5-6;/h1-2,4,6-9,12,18,21H,3,5,10-11,13-15H2,(H,25,26);1-5H,(H,7,8,9);1H/t21-;;/m0../s1. The van der Waals surface area contributed by atoms with Crippen molar-refractivity contribution in [3.8, 4) is 0 Å². The van der Waals surface area contributed by atoms with Gasteiger partial charge in [-0.25, -0.2) is 0 Å². The van der Waals surface area contributed by atoms with Crippen LogP contribution in [0.25, 0.3) is 0 Å².